The number of nitrogens with one attached hydrogen (secondary N) is 1. The van der Waals surface area contributed by atoms with Crippen LogP contribution in [-0.2, 0) is 0 Å². The lowest BCUT2D eigenvalue weighted by Crippen LogP contribution is -2.33. The van der Waals surface area contributed by atoms with Crippen molar-refractivity contribution in [1.29, 1.82) is 0 Å². The second-order valence-corrected chi connectivity index (χ2v) is 6.89. The van der Waals surface area contributed by atoms with E-state index < -0.39 is 15.8 Å². The molecule has 1 amide bonds. The van der Waals surface area contributed by atoms with Crippen molar-refractivity contribution in [1.82, 2.24) is 0 Å². The Labute approximate surface area is 161 Å². The molecule has 0 atom stereocenters. The largest absolute Gasteiger partial charge is 0.366 e. The van der Waals surface area contributed by atoms with Crippen molar-refractivity contribution >= 4 is 28.7 Å². The number of piperidine rings is 1. The summed E-state index contributed by atoms with van der Waals surface area (Å²) in [7, 11) is 0. The van der Waals surface area contributed by atoms with Gasteiger partial charge in [0.15, 0.2) is 0 Å². The van der Waals surface area contributed by atoms with E-state index in [1.54, 1.807) is 6.07 Å². The second kappa shape index (κ2) is 8.03. The van der Waals surface area contributed by atoms with Crippen LogP contribution in [0.1, 0.15) is 30.1 Å². The first-order valence-corrected chi connectivity index (χ1v) is 8.94. The van der Waals surface area contributed by atoms with Gasteiger partial charge in [-0.15, -0.1) is 0 Å². The Hall–Kier alpha value is -3.49. The third kappa shape index (κ3) is 4.25. The normalized spacial score (nSPS) is 14.5. The van der Waals surface area contributed by atoms with Crippen molar-refractivity contribution in [3.8, 4) is 0 Å². The SMILES string of the molecule is CC1CCN(c2ccc(C(=O)Nc3cccc([N+](=O)[O-])c3)cc2[N+](=O)[O-])CC1. The zero-order chi connectivity index (χ0) is 20.3. The molecular formula is C19H20N4O5. The third-order valence-electron chi connectivity index (χ3n) is 4.87. The van der Waals surface area contributed by atoms with Gasteiger partial charge in [0.1, 0.15) is 5.69 Å². The van der Waals surface area contributed by atoms with Gasteiger partial charge in [-0.2, -0.15) is 0 Å². The minimum Gasteiger partial charge on any atom is -0.366 e. The number of hydrogen-bond donors (Lipinski definition) is 1. The van der Waals surface area contributed by atoms with Crippen molar-refractivity contribution in [2.75, 3.05) is 23.3 Å². The molecule has 1 fully saturated rings. The fourth-order valence-corrected chi connectivity index (χ4v) is 3.23. The van der Waals surface area contributed by atoms with Crippen molar-refractivity contribution in [2.24, 2.45) is 5.92 Å². The summed E-state index contributed by atoms with van der Waals surface area (Å²) in [5.74, 6) is 0.0256. The third-order valence-corrected chi connectivity index (χ3v) is 4.87. The van der Waals surface area contributed by atoms with Crippen LogP contribution in [-0.4, -0.2) is 28.8 Å². The lowest BCUT2D eigenvalue weighted by atomic mass is 9.98. The van der Waals surface area contributed by atoms with Crippen molar-refractivity contribution < 1.29 is 14.6 Å². The molecule has 2 aromatic carbocycles. The molecule has 1 heterocycles. The van der Waals surface area contributed by atoms with Gasteiger partial charge in [-0.05, 0) is 37.0 Å². The molecule has 28 heavy (non-hydrogen) atoms. The van der Waals surface area contributed by atoms with Crippen LogP contribution in [0.15, 0.2) is 42.5 Å². The highest BCUT2D eigenvalue weighted by atomic mass is 16.6. The number of amides is 1. The Morgan fingerprint density at radius 3 is 2.43 bits per heavy atom. The summed E-state index contributed by atoms with van der Waals surface area (Å²) in [5.41, 5.74) is 0.590. The van der Waals surface area contributed by atoms with Gasteiger partial charge in [0, 0.05) is 42.5 Å². The van der Waals surface area contributed by atoms with E-state index in [1.165, 1.54) is 36.4 Å². The van der Waals surface area contributed by atoms with Gasteiger partial charge in [-0.1, -0.05) is 13.0 Å². The summed E-state index contributed by atoms with van der Waals surface area (Å²) >= 11 is 0. The number of nitro groups is 2. The van der Waals surface area contributed by atoms with Crippen LogP contribution < -0.4 is 10.2 Å². The number of nitro benzene ring substituents is 2. The molecule has 9 heteroatoms. The van der Waals surface area contributed by atoms with Crippen molar-refractivity contribution in [3.63, 3.8) is 0 Å². The molecule has 0 unspecified atom stereocenters. The maximum atomic E-state index is 12.5. The number of non-ortho nitro benzene ring substituents is 1. The van der Waals surface area contributed by atoms with Gasteiger partial charge in [0.2, 0.25) is 0 Å². The fraction of sp³-hybridized carbons (Fsp3) is 0.316. The summed E-state index contributed by atoms with van der Waals surface area (Å²) in [6, 6.07) is 9.90. The quantitative estimate of drug-likeness (QED) is 0.615. The van der Waals surface area contributed by atoms with E-state index in [0.717, 1.165) is 25.9 Å². The summed E-state index contributed by atoms with van der Waals surface area (Å²) in [6.45, 7) is 3.63. The van der Waals surface area contributed by atoms with Gasteiger partial charge in [-0.3, -0.25) is 25.0 Å². The van der Waals surface area contributed by atoms with E-state index >= 15 is 0 Å². The van der Waals surface area contributed by atoms with Crippen LogP contribution in [0, 0.1) is 26.1 Å². The van der Waals surface area contributed by atoms with E-state index in [1.807, 2.05) is 4.90 Å². The van der Waals surface area contributed by atoms with Crippen molar-refractivity contribution in [2.45, 2.75) is 19.8 Å². The Bertz CT molecular complexity index is 922. The van der Waals surface area contributed by atoms with Gasteiger partial charge in [0.05, 0.1) is 9.85 Å². The summed E-state index contributed by atoms with van der Waals surface area (Å²) in [6.07, 6.45) is 1.93. The molecule has 2 aromatic rings. The first-order valence-electron chi connectivity index (χ1n) is 8.94. The molecule has 0 aromatic heterocycles. The number of carbonyl (C=O) groups is 1. The Balaban J connectivity index is 1.83. The highest BCUT2D eigenvalue weighted by molar-refractivity contribution is 6.05. The minimum atomic E-state index is -0.567. The maximum absolute atomic E-state index is 12.5. The zero-order valence-electron chi connectivity index (χ0n) is 15.3. The van der Waals surface area contributed by atoms with Crippen LogP contribution in [0.2, 0.25) is 0 Å². The van der Waals surface area contributed by atoms with Gasteiger partial charge in [-0.25, -0.2) is 0 Å². The maximum Gasteiger partial charge on any atom is 0.293 e. The van der Waals surface area contributed by atoms with E-state index in [0.29, 0.717) is 11.6 Å². The highest BCUT2D eigenvalue weighted by Gasteiger charge is 2.25. The predicted octanol–water partition coefficient (Wildman–Crippen LogP) is 3.99. The van der Waals surface area contributed by atoms with E-state index in [-0.39, 0.29) is 22.6 Å². The molecule has 146 valence electrons. The average molecular weight is 384 g/mol. The minimum absolute atomic E-state index is 0.118. The van der Waals surface area contributed by atoms with E-state index in [9.17, 15) is 25.0 Å². The monoisotopic (exact) mass is 384 g/mol. The topological polar surface area (TPSA) is 119 Å². The molecule has 3 rings (SSSR count). The zero-order valence-corrected chi connectivity index (χ0v) is 15.3. The number of benzene rings is 2. The Morgan fingerprint density at radius 1 is 1.07 bits per heavy atom. The van der Waals surface area contributed by atoms with Crippen LogP contribution >= 0.6 is 0 Å². The molecule has 1 N–H and O–H groups in total. The van der Waals surface area contributed by atoms with E-state index in [4.69, 9.17) is 0 Å². The summed E-state index contributed by atoms with van der Waals surface area (Å²) in [4.78, 5) is 35.8. The number of anilines is 2. The second-order valence-electron chi connectivity index (χ2n) is 6.89. The predicted molar refractivity (Wildman–Crippen MR) is 105 cm³/mol. The Kier molecular flexibility index (Phi) is 5.53. The lowest BCUT2D eigenvalue weighted by molar-refractivity contribution is -0.384. The first-order chi connectivity index (χ1) is 13.3. The van der Waals surface area contributed by atoms with Crippen LogP contribution in [0.3, 0.4) is 0 Å². The molecule has 9 nitrogen and oxygen atoms in total. The van der Waals surface area contributed by atoms with Gasteiger partial charge in [0.25, 0.3) is 17.3 Å². The van der Waals surface area contributed by atoms with E-state index in [2.05, 4.69) is 12.2 Å². The fourth-order valence-electron chi connectivity index (χ4n) is 3.23. The van der Waals surface area contributed by atoms with Crippen molar-refractivity contribution in [3.05, 3.63) is 68.3 Å². The Morgan fingerprint density at radius 2 is 1.79 bits per heavy atom. The van der Waals surface area contributed by atoms with Crippen LogP contribution in [0.4, 0.5) is 22.7 Å². The molecule has 1 aliphatic heterocycles. The molecule has 0 aliphatic carbocycles. The van der Waals surface area contributed by atoms with Crippen LogP contribution in [0.5, 0.6) is 0 Å². The smallest absolute Gasteiger partial charge is 0.293 e. The number of rotatable bonds is 5. The number of hydrogen-bond acceptors (Lipinski definition) is 6. The van der Waals surface area contributed by atoms with Gasteiger partial charge < -0.3 is 10.2 Å². The molecule has 1 saturated heterocycles. The molecule has 0 bridgehead atoms. The standard InChI is InChI=1S/C19H20N4O5/c1-13-7-9-21(10-8-13)17-6-5-14(11-18(17)23(27)28)19(24)20-15-3-2-4-16(12-15)22(25)26/h2-6,11-13H,7-10H2,1H3,(H,20,24). The molecule has 0 spiro atoms. The number of carbonyl (C=O) groups excluding carboxylic acids is 1. The molecule has 0 radical (unpaired) electrons. The molecule has 1 aliphatic rings. The summed E-state index contributed by atoms with van der Waals surface area (Å²) < 4.78 is 0. The van der Waals surface area contributed by atoms with Gasteiger partial charge >= 0.3 is 0 Å². The average Bonchev–Trinajstić information content (AvgIpc) is 2.68. The molecule has 0 saturated carbocycles. The lowest BCUT2D eigenvalue weighted by Gasteiger charge is -2.31. The summed E-state index contributed by atoms with van der Waals surface area (Å²) in [5, 5.41) is 24.9. The molecular weight excluding hydrogens is 364 g/mol. The highest BCUT2D eigenvalue weighted by Crippen LogP contribution is 2.32. The first kappa shape index (κ1) is 19.3. The van der Waals surface area contributed by atoms with Crippen LogP contribution in [0.25, 0.3) is 0 Å². The number of nitrogens with zero attached hydrogens (tertiary/aromatic N) is 3.